The fraction of sp³-hybridized carbons (Fsp3) is 0.625. The molecule has 0 radical (unpaired) electrons. The smallest absolute Gasteiger partial charge is 0.220 e. The van der Waals surface area contributed by atoms with Crippen LogP contribution < -0.4 is 16.8 Å². The minimum absolute atomic E-state index is 0.0576. The third-order valence-corrected chi connectivity index (χ3v) is 1.65. The first-order chi connectivity index (χ1) is 5.54. The summed E-state index contributed by atoms with van der Waals surface area (Å²) in [6, 6.07) is 0. The monoisotopic (exact) mass is 171 g/mol. The Bertz CT molecular complexity index is 168. The predicted octanol–water partition coefficient (Wildman–Crippen LogP) is -0.0925. The summed E-state index contributed by atoms with van der Waals surface area (Å²) in [4.78, 5) is 10.6. The predicted molar refractivity (Wildman–Crippen MR) is 48.9 cm³/mol. The second-order valence-electron chi connectivity index (χ2n) is 2.90. The molecule has 1 atom stereocenters. The molecular formula is C8H17N3O. The van der Waals surface area contributed by atoms with Crippen LogP contribution in [0, 0.1) is 5.92 Å². The van der Waals surface area contributed by atoms with Crippen molar-refractivity contribution in [1.29, 1.82) is 0 Å². The van der Waals surface area contributed by atoms with Gasteiger partial charge in [0, 0.05) is 12.5 Å². The van der Waals surface area contributed by atoms with Crippen molar-refractivity contribution < 1.29 is 4.79 Å². The van der Waals surface area contributed by atoms with E-state index < -0.39 is 0 Å². The van der Waals surface area contributed by atoms with Gasteiger partial charge in [-0.05, 0) is 12.8 Å². The lowest BCUT2D eigenvalue weighted by molar-refractivity contribution is -0.121. The standard InChI is InChI=1S/C8H17N3O/c1-6(8(10)12)4-3-5-11-7(2)9/h6,11H,2-5,9H2,1H3,(H2,10,12)/t6-/m1/s1. The first-order valence-corrected chi connectivity index (χ1v) is 4.01. The summed E-state index contributed by atoms with van der Waals surface area (Å²) in [7, 11) is 0. The van der Waals surface area contributed by atoms with Crippen molar-refractivity contribution in [1.82, 2.24) is 5.32 Å². The van der Waals surface area contributed by atoms with Gasteiger partial charge in [0.2, 0.25) is 5.91 Å². The van der Waals surface area contributed by atoms with E-state index in [1.165, 1.54) is 0 Å². The Hall–Kier alpha value is -1.19. The van der Waals surface area contributed by atoms with Crippen molar-refractivity contribution in [2.24, 2.45) is 17.4 Å². The van der Waals surface area contributed by atoms with Gasteiger partial charge in [-0.25, -0.2) is 0 Å². The van der Waals surface area contributed by atoms with Crippen LogP contribution >= 0.6 is 0 Å². The molecular weight excluding hydrogens is 154 g/mol. The van der Waals surface area contributed by atoms with Crippen molar-refractivity contribution in [3.63, 3.8) is 0 Å². The summed E-state index contributed by atoms with van der Waals surface area (Å²) >= 11 is 0. The average molecular weight is 171 g/mol. The van der Waals surface area contributed by atoms with Crippen LogP contribution in [0.4, 0.5) is 0 Å². The lowest BCUT2D eigenvalue weighted by atomic mass is 10.1. The van der Waals surface area contributed by atoms with Crippen LogP contribution in [0.3, 0.4) is 0 Å². The molecule has 0 heterocycles. The molecule has 0 aromatic heterocycles. The van der Waals surface area contributed by atoms with E-state index in [2.05, 4.69) is 11.9 Å². The van der Waals surface area contributed by atoms with E-state index in [0.717, 1.165) is 19.4 Å². The van der Waals surface area contributed by atoms with Gasteiger partial charge in [0.1, 0.15) is 0 Å². The number of rotatable bonds is 6. The van der Waals surface area contributed by atoms with Crippen molar-refractivity contribution in [2.75, 3.05) is 6.54 Å². The first kappa shape index (κ1) is 10.8. The molecule has 4 heteroatoms. The third kappa shape index (κ3) is 5.58. The van der Waals surface area contributed by atoms with Gasteiger partial charge >= 0.3 is 0 Å². The SMILES string of the molecule is C=C(N)NCCC[C@@H](C)C(N)=O. The number of carbonyl (C=O) groups is 1. The van der Waals surface area contributed by atoms with E-state index in [1.807, 2.05) is 6.92 Å². The van der Waals surface area contributed by atoms with Gasteiger partial charge in [0.15, 0.2) is 0 Å². The Morgan fingerprint density at radius 3 is 2.58 bits per heavy atom. The largest absolute Gasteiger partial charge is 0.386 e. The van der Waals surface area contributed by atoms with E-state index in [9.17, 15) is 4.79 Å². The minimum Gasteiger partial charge on any atom is -0.386 e. The van der Waals surface area contributed by atoms with Gasteiger partial charge in [0.25, 0.3) is 0 Å². The van der Waals surface area contributed by atoms with Crippen molar-refractivity contribution in [2.45, 2.75) is 19.8 Å². The first-order valence-electron chi connectivity index (χ1n) is 4.01. The topological polar surface area (TPSA) is 81.1 Å². The van der Waals surface area contributed by atoms with Crippen LogP contribution in [0.2, 0.25) is 0 Å². The fourth-order valence-electron chi connectivity index (χ4n) is 0.799. The molecule has 0 aliphatic rings. The molecule has 0 aliphatic carbocycles. The maximum absolute atomic E-state index is 10.6. The van der Waals surface area contributed by atoms with Crippen LogP contribution in [-0.4, -0.2) is 12.5 Å². The molecule has 0 aromatic carbocycles. The molecule has 0 saturated heterocycles. The second-order valence-corrected chi connectivity index (χ2v) is 2.90. The number of hydrogen-bond acceptors (Lipinski definition) is 3. The maximum atomic E-state index is 10.6. The Kier molecular flexibility index (Phi) is 4.92. The third-order valence-electron chi connectivity index (χ3n) is 1.65. The molecule has 0 spiro atoms. The zero-order valence-electron chi connectivity index (χ0n) is 7.47. The van der Waals surface area contributed by atoms with Crippen molar-refractivity contribution >= 4 is 5.91 Å². The minimum atomic E-state index is -0.249. The zero-order chi connectivity index (χ0) is 9.56. The number of primary amides is 1. The molecule has 0 unspecified atom stereocenters. The molecule has 0 fully saturated rings. The fourth-order valence-corrected chi connectivity index (χ4v) is 0.799. The summed E-state index contributed by atoms with van der Waals surface area (Å²) < 4.78 is 0. The van der Waals surface area contributed by atoms with Gasteiger partial charge < -0.3 is 16.8 Å². The summed E-state index contributed by atoms with van der Waals surface area (Å²) in [5.74, 6) is 0.154. The Balaban J connectivity index is 3.31. The van der Waals surface area contributed by atoms with E-state index in [4.69, 9.17) is 11.5 Å². The molecule has 0 saturated carbocycles. The van der Waals surface area contributed by atoms with Crippen LogP contribution in [0.5, 0.6) is 0 Å². The van der Waals surface area contributed by atoms with Crippen LogP contribution in [-0.2, 0) is 4.79 Å². The van der Waals surface area contributed by atoms with Gasteiger partial charge in [0.05, 0.1) is 5.82 Å². The lowest BCUT2D eigenvalue weighted by Crippen LogP contribution is -2.23. The molecule has 0 bridgehead atoms. The quantitative estimate of drug-likeness (QED) is 0.488. The molecule has 0 aliphatic heterocycles. The molecule has 70 valence electrons. The normalized spacial score (nSPS) is 12.1. The highest BCUT2D eigenvalue weighted by molar-refractivity contribution is 5.76. The summed E-state index contributed by atoms with van der Waals surface area (Å²) in [6.07, 6.45) is 1.66. The van der Waals surface area contributed by atoms with Crippen LogP contribution in [0.1, 0.15) is 19.8 Å². The molecule has 1 amide bonds. The number of nitrogens with two attached hydrogens (primary N) is 2. The van der Waals surface area contributed by atoms with Gasteiger partial charge in [-0.15, -0.1) is 0 Å². The highest BCUT2D eigenvalue weighted by Gasteiger charge is 2.06. The van der Waals surface area contributed by atoms with Crippen molar-refractivity contribution in [3.8, 4) is 0 Å². The lowest BCUT2D eigenvalue weighted by Gasteiger charge is -2.07. The summed E-state index contributed by atoms with van der Waals surface area (Å²) in [5.41, 5.74) is 10.3. The van der Waals surface area contributed by atoms with E-state index in [-0.39, 0.29) is 11.8 Å². The summed E-state index contributed by atoms with van der Waals surface area (Å²) in [6.45, 7) is 6.04. The molecule has 0 rings (SSSR count). The van der Waals surface area contributed by atoms with Crippen LogP contribution in [0.25, 0.3) is 0 Å². The van der Waals surface area contributed by atoms with Gasteiger partial charge in [-0.3, -0.25) is 4.79 Å². The Morgan fingerprint density at radius 2 is 2.17 bits per heavy atom. The molecule has 0 aromatic rings. The van der Waals surface area contributed by atoms with Crippen LogP contribution in [0.15, 0.2) is 12.4 Å². The second kappa shape index (κ2) is 5.46. The Morgan fingerprint density at radius 1 is 1.58 bits per heavy atom. The molecule has 4 nitrogen and oxygen atoms in total. The average Bonchev–Trinajstić information content (AvgIpc) is 1.97. The van der Waals surface area contributed by atoms with Gasteiger partial charge in [-0.2, -0.15) is 0 Å². The number of hydrogen-bond donors (Lipinski definition) is 3. The highest BCUT2D eigenvalue weighted by atomic mass is 16.1. The van der Waals surface area contributed by atoms with E-state index >= 15 is 0 Å². The van der Waals surface area contributed by atoms with E-state index in [1.54, 1.807) is 0 Å². The van der Waals surface area contributed by atoms with Crippen molar-refractivity contribution in [3.05, 3.63) is 12.4 Å². The number of amides is 1. The number of nitrogens with one attached hydrogen (secondary N) is 1. The van der Waals surface area contributed by atoms with E-state index in [0.29, 0.717) is 5.82 Å². The van der Waals surface area contributed by atoms with Gasteiger partial charge in [-0.1, -0.05) is 13.5 Å². The maximum Gasteiger partial charge on any atom is 0.220 e. The zero-order valence-corrected chi connectivity index (χ0v) is 7.47. The Labute approximate surface area is 73.0 Å². The molecule has 5 N–H and O–H groups in total. The number of carbonyl (C=O) groups excluding carboxylic acids is 1. The summed E-state index contributed by atoms with van der Waals surface area (Å²) in [5, 5.41) is 2.87. The highest BCUT2D eigenvalue weighted by Crippen LogP contribution is 2.02. The molecule has 12 heavy (non-hydrogen) atoms.